The minimum absolute atomic E-state index is 0.0244. The summed E-state index contributed by atoms with van der Waals surface area (Å²) in [4.78, 5) is 231. The molecular formula is C76H119N21O21. The second-order valence-electron chi connectivity index (χ2n) is 30.1. The molecule has 2 fully saturated rings. The van der Waals surface area contributed by atoms with E-state index >= 15 is 4.79 Å². The van der Waals surface area contributed by atoms with Crippen molar-refractivity contribution in [3.05, 3.63) is 59.7 Å². The van der Waals surface area contributed by atoms with Gasteiger partial charge in [-0.1, -0.05) is 72.2 Å². The molecule has 0 unspecified atom stereocenters. The monoisotopic (exact) mass is 1660 g/mol. The van der Waals surface area contributed by atoms with Crippen molar-refractivity contribution >= 4 is 107 Å². The molecule has 42 nitrogen and oxygen atoms in total. The maximum Gasteiger partial charge on any atom is 0.326 e. The zero-order valence-electron chi connectivity index (χ0n) is 67.4. The van der Waals surface area contributed by atoms with Crippen LogP contribution in [0.5, 0.6) is 11.5 Å². The normalized spacial score (nSPS) is 16.7. The summed E-state index contributed by atoms with van der Waals surface area (Å²) in [7, 11) is 0. The highest BCUT2D eigenvalue weighted by Crippen LogP contribution is 2.23. The van der Waals surface area contributed by atoms with Gasteiger partial charge in [0.05, 0.1) is 13.0 Å². The quantitative estimate of drug-likeness (QED) is 0.0167. The van der Waals surface area contributed by atoms with Gasteiger partial charge in [0.1, 0.15) is 90.0 Å². The fourth-order valence-corrected chi connectivity index (χ4v) is 13.0. The van der Waals surface area contributed by atoms with E-state index in [9.17, 15) is 97.5 Å². The Bertz CT molecular complexity index is 3840. The first-order valence-corrected chi connectivity index (χ1v) is 39.4. The van der Waals surface area contributed by atoms with E-state index in [4.69, 9.17) is 34.4 Å². The smallest absolute Gasteiger partial charge is 0.326 e. The van der Waals surface area contributed by atoms with Gasteiger partial charge in [-0.05, 0) is 143 Å². The number of nitrogens with two attached hydrogens (primary N) is 6. The summed E-state index contributed by atoms with van der Waals surface area (Å²) in [6.07, 6.45) is -2.50. The molecule has 29 N–H and O–H groups in total. The molecule has 2 saturated heterocycles. The average Bonchev–Trinajstić information content (AvgIpc) is 1.63. The van der Waals surface area contributed by atoms with Crippen LogP contribution in [0.15, 0.2) is 58.5 Å². The molecular weight excluding hydrogens is 1540 g/mol. The fourth-order valence-electron chi connectivity index (χ4n) is 13.0. The molecule has 0 spiro atoms. The van der Waals surface area contributed by atoms with Gasteiger partial charge in [-0.15, -0.1) is 0 Å². The molecule has 0 bridgehead atoms. The van der Waals surface area contributed by atoms with Gasteiger partial charge in [-0.3, -0.25) is 81.9 Å². The number of benzene rings is 2. The van der Waals surface area contributed by atoms with E-state index < -0.39 is 199 Å². The molecule has 2 aliphatic heterocycles. The van der Waals surface area contributed by atoms with Crippen LogP contribution in [0.25, 0.3) is 0 Å². The maximum absolute atomic E-state index is 15.1. The van der Waals surface area contributed by atoms with Crippen molar-refractivity contribution in [1.29, 1.82) is 0 Å². The van der Waals surface area contributed by atoms with Crippen molar-refractivity contribution in [3.63, 3.8) is 0 Å². The Balaban J connectivity index is 1.64. The number of hydrogen-bond acceptors (Lipinski definition) is 22. The van der Waals surface area contributed by atoms with Crippen LogP contribution in [-0.4, -0.2) is 248 Å². The zero-order chi connectivity index (χ0) is 88.0. The summed E-state index contributed by atoms with van der Waals surface area (Å²) in [5, 5.41) is 80.9. The number of nitrogens with zero attached hydrogens (tertiary/aromatic N) is 3. The van der Waals surface area contributed by atoms with E-state index in [-0.39, 0.29) is 164 Å². The van der Waals surface area contributed by atoms with Crippen LogP contribution in [-0.2, 0) is 89.6 Å². The van der Waals surface area contributed by atoms with Gasteiger partial charge in [-0.25, -0.2) is 4.79 Å². The number of hydrogen-bond donors (Lipinski definition) is 23. The number of guanidine groups is 2. The lowest BCUT2D eigenvalue weighted by Gasteiger charge is -2.31. The number of likely N-dealkylation sites (tertiary alicyclic amines) is 1. The van der Waals surface area contributed by atoms with Gasteiger partial charge in [0.25, 0.3) is 0 Å². The Morgan fingerprint density at radius 3 is 1.40 bits per heavy atom. The number of aliphatic hydroxyl groups excluding tert-OH is 1. The van der Waals surface area contributed by atoms with Crippen LogP contribution in [0.1, 0.15) is 162 Å². The first-order valence-electron chi connectivity index (χ1n) is 39.4. The number of phenols is 2. The summed E-state index contributed by atoms with van der Waals surface area (Å²) in [5.74, 6) is -18.1. The number of rotatable bonds is 52. The average molecular weight is 1660 g/mol. The Kier molecular flexibility index (Phi) is 41.5. The number of carbonyl (C=O) groups is 16. The fraction of sp³-hybridized carbons (Fsp3) is 0.605. The van der Waals surface area contributed by atoms with E-state index in [1.54, 1.807) is 41.5 Å². The van der Waals surface area contributed by atoms with Crippen LogP contribution >= 0.6 is 0 Å². The van der Waals surface area contributed by atoms with Gasteiger partial charge in [0, 0.05) is 45.3 Å². The molecule has 0 aliphatic carbocycles. The Labute approximate surface area is 683 Å². The highest BCUT2D eigenvalue weighted by molar-refractivity contribution is 6.01. The first-order chi connectivity index (χ1) is 55.7. The summed E-state index contributed by atoms with van der Waals surface area (Å²) in [5.41, 5.74) is 34.6. The van der Waals surface area contributed by atoms with E-state index in [0.29, 0.717) is 17.5 Å². The third kappa shape index (κ3) is 34.4. The number of carboxylic acids is 2. The number of carboxylic acid groups (broad SMARTS) is 2. The highest BCUT2D eigenvalue weighted by atomic mass is 16.4. The molecule has 14 atom stereocenters. The van der Waals surface area contributed by atoms with Crippen LogP contribution in [0.4, 0.5) is 0 Å². The molecule has 2 aromatic carbocycles. The van der Waals surface area contributed by atoms with E-state index in [2.05, 4.69) is 73.8 Å². The highest BCUT2D eigenvalue weighted by Gasteiger charge is 2.42. The lowest BCUT2D eigenvalue weighted by atomic mass is 9.96. The number of carbonyl (C=O) groups excluding carboxylic acids is 14. The van der Waals surface area contributed by atoms with Crippen molar-refractivity contribution in [2.24, 2.45) is 62.1 Å². The van der Waals surface area contributed by atoms with Gasteiger partial charge in [-0.2, -0.15) is 0 Å². The number of primary amides is 1. The number of aromatic hydroxyl groups is 2. The van der Waals surface area contributed by atoms with Gasteiger partial charge in [0.15, 0.2) is 11.9 Å². The Morgan fingerprint density at radius 2 is 0.924 bits per heavy atom. The molecule has 0 radical (unpaired) electrons. The molecule has 0 aromatic heterocycles. The molecule has 2 heterocycles. The molecule has 118 heavy (non-hydrogen) atoms. The minimum Gasteiger partial charge on any atom is -0.508 e. The largest absolute Gasteiger partial charge is 0.508 e. The number of aliphatic hydroxyl groups is 1. The maximum atomic E-state index is 15.1. The summed E-state index contributed by atoms with van der Waals surface area (Å²) < 4.78 is 0. The van der Waals surface area contributed by atoms with Crippen LogP contribution < -0.4 is 98.2 Å². The van der Waals surface area contributed by atoms with Crippen molar-refractivity contribution in [2.75, 3.05) is 32.8 Å². The van der Waals surface area contributed by atoms with Crippen molar-refractivity contribution in [1.82, 2.24) is 68.7 Å². The zero-order valence-corrected chi connectivity index (χ0v) is 67.4. The number of aliphatic imine (C=N–C) groups is 2. The minimum atomic E-state index is -2.00. The summed E-state index contributed by atoms with van der Waals surface area (Å²) in [6, 6.07) is -8.74. The predicted octanol–water partition coefficient (Wildman–Crippen LogP) is -5.32. The lowest BCUT2D eigenvalue weighted by Crippen LogP contribution is -2.61. The second-order valence-corrected chi connectivity index (χ2v) is 30.1. The number of nitrogens with one attached hydrogen (secondary N) is 12. The molecule has 654 valence electrons. The first kappa shape index (κ1) is 98.4. The van der Waals surface area contributed by atoms with Crippen LogP contribution in [0.3, 0.4) is 0 Å². The lowest BCUT2D eigenvalue weighted by molar-refractivity contribution is -0.143. The van der Waals surface area contributed by atoms with Crippen molar-refractivity contribution in [3.8, 4) is 11.5 Å². The van der Waals surface area contributed by atoms with Gasteiger partial charge >= 0.3 is 11.9 Å². The third-order valence-corrected chi connectivity index (χ3v) is 19.5. The summed E-state index contributed by atoms with van der Waals surface area (Å²) in [6.45, 7) is 9.11. The number of unbranched alkanes of at least 4 members (excludes halogenated alkanes) is 1. The molecule has 2 aromatic rings. The topological polar surface area (TPSA) is 703 Å². The van der Waals surface area contributed by atoms with Gasteiger partial charge in [0.2, 0.25) is 82.7 Å². The van der Waals surface area contributed by atoms with Gasteiger partial charge < -0.3 is 129 Å². The standard InChI is InChI=1S/C76H119N21O21/c1-7-41(6)61(72(115)94-55(74(117)118)34-40(4)5)96-69(112)53(36-43-19-23-45(100)24-20-43)93-71(114)57-16-12-32-97(57)73(116)50(15-11-31-84-76(81)82)89-62(105)47(14-10-30-83-75(79)80)87-70(113)56(38-98)95-63(106)46(13-8-9-29-77)86-68(111)54(37-58(78)101)92-65(108)49(26-28-60(103)104)88-67(110)52(35-42-17-21-44(99)22-18-42)91-66(109)51(33-39(2)3)90-64(107)48-25-27-59(102)85-48/h17-24,39-41,46-57,61,98-100H,7-16,25-38,77H2,1-6H3,(H2,78,101)(H,85,102)(H,86,111)(H,87,113)(H,88,110)(H,89,105)(H,90,107)(H,91,109)(H,92,108)(H,93,114)(H,94,115)(H,95,106)(H,96,112)(H,103,104)(H,117,118)(H4,79,80,83)(H4,81,82,84)/t41-,46-,47-,48-,49-,50-,51-,52-,53-,54-,55-,56-,57-,61-/m0/s1. The molecule has 4 rings (SSSR count). The van der Waals surface area contributed by atoms with E-state index in [1.165, 1.54) is 53.4 Å². The summed E-state index contributed by atoms with van der Waals surface area (Å²) >= 11 is 0. The molecule has 14 amide bonds. The Hall–Kier alpha value is -12.0. The second kappa shape index (κ2) is 49.8. The SMILES string of the molecule is CC[C@H](C)[C@H](NC(=O)[C@H](Cc1ccc(O)cc1)NC(=O)[C@@H]1CCCN1C(=O)[C@H](CCCN=C(N)N)NC(=O)[C@H](CCCN=C(N)N)NC(=O)[C@H](CO)NC(=O)[C@H](CCCCN)NC(=O)[C@H](CC(N)=O)NC(=O)[C@H](CCC(=O)O)NC(=O)[C@H](Cc1ccc(O)cc1)NC(=O)[C@H](CC(C)C)NC(=O)[C@@H]1CCC(=O)N1)C(=O)N[C@@H](CC(C)C)C(=O)O. The number of phenolic OH excluding ortho intramolecular Hbond substituents is 2. The van der Waals surface area contributed by atoms with Crippen LogP contribution in [0, 0.1) is 17.8 Å². The number of aliphatic carboxylic acids is 2. The van der Waals surface area contributed by atoms with Crippen molar-refractivity contribution in [2.45, 2.75) is 242 Å². The Morgan fingerprint density at radius 1 is 0.500 bits per heavy atom. The number of amides is 14. The third-order valence-electron chi connectivity index (χ3n) is 19.5. The van der Waals surface area contributed by atoms with E-state index in [1.807, 2.05) is 0 Å². The molecule has 0 saturated carbocycles. The van der Waals surface area contributed by atoms with Crippen LogP contribution in [0.2, 0.25) is 0 Å². The van der Waals surface area contributed by atoms with Crippen molar-refractivity contribution < 1.29 is 102 Å². The molecule has 42 heteroatoms. The molecule has 2 aliphatic rings. The predicted molar refractivity (Wildman–Crippen MR) is 427 cm³/mol. The van der Waals surface area contributed by atoms with E-state index in [0.717, 1.165) is 0 Å².